The van der Waals surface area contributed by atoms with Crippen LogP contribution in [0.25, 0.3) is 5.69 Å². The molecule has 3 rings (SSSR count). The minimum atomic E-state index is -2.71. The van der Waals surface area contributed by atoms with Gasteiger partial charge in [0.15, 0.2) is 5.15 Å². The SMILES string of the molecule is CN(C(=O)CC[S+]([O-])CC1CC1(F)F)c1cn(-c2ccc[n+](O)c2)nc1Cl. The second kappa shape index (κ2) is 7.61. The van der Waals surface area contributed by atoms with Gasteiger partial charge in [0.25, 0.3) is 5.92 Å². The zero-order chi connectivity index (χ0) is 19.8. The summed E-state index contributed by atoms with van der Waals surface area (Å²) in [5, 5.41) is 13.7. The van der Waals surface area contributed by atoms with E-state index in [4.69, 9.17) is 11.6 Å². The second-order valence-electron chi connectivity index (χ2n) is 6.37. The van der Waals surface area contributed by atoms with Crippen molar-refractivity contribution in [3.05, 3.63) is 35.9 Å². The van der Waals surface area contributed by atoms with E-state index in [1.165, 1.54) is 35.2 Å². The first kappa shape index (κ1) is 19.8. The van der Waals surface area contributed by atoms with Crippen molar-refractivity contribution in [1.82, 2.24) is 9.78 Å². The third-order valence-electron chi connectivity index (χ3n) is 4.31. The Morgan fingerprint density at radius 2 is 2.33 bits per heavy atom. The molecular formula is C16H18ClF2N4O3S+. The summed E-state index contributed by atoms with van der Waals surface area (Å²) in [6.07, 6.45) is 4.09. The Morgan fingerprint density at radius 1 is 1.63 bits per heavy atom. The molecule has 1 aliphatic rings. The molecule has 0 aromatic carbocycles. The molecule has 0 radical (unpaired) electrons. The van der Waals surface area contributed by atoms with Gasteiger partial charge in [0.2, 0.25) is 18.3 Å². The minimum Gasteiger partial charge on any atom is -0.616 e. The molecule has 7 nitrogen and oxygen atoms in total. The molecule has 11 heteroatoms. The van der Waals surface area contributed by atoms with Crippen LogP contribution in [-0.4, -0.2) is 49.9 Å². The molecule has 1 N–H and O–H groups in total. The third-order valence-corrected chi connectivity index (χ3v) is 6.01. The number of halogens is 3. The molecule has 0 aliphatic heterocycles. The molecule has 27 heavy (non-hydrogen) atoms. The van der Waals surface area contributed by atoms with E-state index in [0.717, 1.165) is 4.73 Å². The van der Waals surface area contributed by atoms with Crippen molar-refractivity contribution in [1.29, 1.82) is 0 Å². The molecule has 146 valence electrons. The molecule has 2 atom stereocenters. The minimum absolute atomic E-state index is 0.0186. The van der Waals surface area contributed by atoms with Gasteiger partial charge in [-0.2, -0.15) is 5.10 Å². The number of aromatic nitrogens is 3. The molecule has 0 saturated heterocycles. The Hall–Kier alpha value is -1.91. The Bertz CT molecular complexity index is 851. The zero-order valence-electron chi connectivity index (χ0n) is 14.4. The van der Waals surface area contributed by atoms with Gasteiger partial charge in [0.05, 0.1) is 18.5 Å². The van der Waals surface area contributed by atoms with Crippen molar-refractivity contribution in [3.8, 4) is 5.69 Å². The van der Waals surface area contributed by atoms with Crippen LogP contribution in [-0.2, 0) is 16.0 Å². The van der Waals surface area contributed by atoms with Crippen molar-refractivity contribution in [2.75, 3.05) is 23.5 Å². The molecule has 0 bridgehead atoms. The van der Waals surface area contributed by atoms with Gasteiger partial charge in [0.1, 0.15) is 22.9 Å². The number of hydrogen-bond donors (Lipinski definition) is 1. The lowest BCUT2D eigenvalue weighted by atomic mass is 10.4. The van der Waals surface area contributed by atoms with E-state index in [1.807, 2.05) is 0 Å². The Labute approximate surface area is 162 Å². The largest absolute Gasteiger partial charge is 0.616 e. The van der Waals surface area contributed by atoms with Crippen LogP contribution in [0.3, 0.4) is 0 Å². The third kappa shape index (κ3) is 4.69. The van der Waals surface area contributed by atoms with Gasteiger partial charge in [-0.1, -0.05) is 22.8 Å². The summed E-state index contributed by atoms with van der Waals surface area (Å²) in [5.41, 5.74) is 0.870. The number of carbonyl (C=O) groups is 1. The normalized spacial score (nSPS) is 18.9. The maximum atomic E-state index is 12.9. The summed E-state index contributed by atoms with van der Waals surface area (Å²) in [7, 11) is 1.50. The van der Waals surface area contributed by atoms with E-state index in [2.05, 4.69) is 5.10 Å². The number of amides is 1. The number of alkyl halides is 2. The molecule has 0 spiro atoms. The van der Waals surface area contributed by atoms with Crippen molar-refractivity contribution >= 4 is 34.4 Å². The highest BCUT2D eigenvalue weighted by molar-refractivity contribution is 7.91. The van der Waals surface area contributed by atoms with Gasteiger partial charge < -0.3 is 9.45 Å². The van der Waals surface area contributed by atoms with E-state index < -0.39 is 23.0 Å². The first-order valence-corrected chi connectivity index (χ1v) is 9.99. The molecule has 1 saturated carbocycles. The lowest BCUT2D eigenvalue weighted by molar-refractivity contribution is -0.904. The Balaban J connectivity index is 1.60. The van der Waals surface area contributed by atoms with Crippen LogP contribution in [0.5, 0.6) is 0 Å². The van der Waals surface area contributed by atoms with Gasteiger partial charge in [-0.05, 0) is 6.07 Å². The van der Waals surface area contributed by atoms with E-state index >= 15 is 0 Å². The van der Waals surface area contributed by atoms with Crippen LogP contribution in [0.2, 0.25) is 5.15 Å². The predicted octanol–water partition coefficient (Wildman–Crippen LogP) is 1.81. The lowest BCUT2D eigenvalue weighted by Gasteiger charge is -2.16. The monoisotopic (exact) mass is 419 g/mol. The smallest absolute Gasteiger partial charge is 0.256 e. The van der Waals surface area contributed by atoms with Crippen LogP contribution >= 0.6 is 11.6 Å². The predicted molar refractivity (Wildman–Crippen MR) is 94.9 cm³/mol. The molecule has 2 aromatic rings. The second-order valence-corrected chi connectivity index (χ2v) is 8.35. The maximum absolute atomic E-state index is 12.9. The number of rotatable bonds is 7. The van der Waals surface area contributed by atoms with Crippen molar-refractivity contribution in [2.45, 2.75) is 18.8 Å². The van der Waals surface area contributed by atoms with Gasteiger partial charge in [-0.3, -0.25) is 10.0 Å². The Kier molecular flexibility index (Phi) is 5.59. The molecule has 2 heterocycles. The van der Waals surface area contributed by atoms with E-state index in [0.29, 0.717) is 11.4 Å². The molecule has 2 unspecified atom stereocenters. The molecule has 1 amide bonds. The highest BCUT2D eigenvalue weighted by Crippen LogP contribution is 2.49. The summed E-state index contributed by atoms with van der Waals surface area (Å²) in [6, 6.07) is 3.30. The fourth-order valence-electron chi connectivity index (χ4n) is 2.55. The van der Waals surface area contributed by atoms with Crippen molar-refractivity contribution in [3.63, 3.8) is 0 Å². The maximum Gasteiger partial charge on any atom is 0.256 e. The topological polar surface area (TPSA) is 85.3 Å². The van der Waals surface area contributed by atoms with Crippen LogP contribution in [0.1, 0.15) is 12.8 Å². The fraction of sp³-hybridized carbons (Fsp3) is 0.438. The summed E-state index contributed by atoms with van der Waals surface area (Å²) in [5.74, 6) is -3.96. The number of anilines is 1. The van der Waals surface area contributed by atoms with E-state index in [1.54, 1.807) is 12.1 Å². The summed E-state index contributed by atoms with van der Waals surface area (Å²) in [4.78, 5) is 13.6. The average Bonchev–Trinajstić information content (AvgIpc) is 3.01. The quantitative estimate of drug-likeness (QED) is 0.421. The average molecular weight is 420 g/mol. The molecule has 1 fully saturated rings. The van der Waals surface area contributed by atoms with Crippen LogP contribution in [0.4, 0.5) is 14.5 Å². The van der Waals surface area contributed by atoms with E-state index in [-0.39, 0.29) is 35.4 Å². The highest BCUT2D eigenvalue weighted by Gasteiger charge is 2.58. The number of carbonyl (C=O) groups excluding carboxylic acids is 1. The standard InChI is InChI=1S/C16H18ClF2N4O3S/c1-21(14(24)4-6-27(26)10-11-7-16(11,18)19)13-9-23(20-15(13)17)12-3-2-5-22(25)8-12/h2-3,5,8-9,11,25H,4,6-7,10H2,1H3/q+1. The lowest BCUT2D eigenvalue weighted by Crippen LogP contribution is -2.29. The molecular weight excluding hydrogens is 402 g/mol. The van der Waals surface area contributed by atoms with Gasteiger partial charge >= 0.3 is 0 Å². The van der Waals surface area contributed by atoms with Crippen LogP contribution in [0, 0.1) is 5.92 Å². The van der Waals surface area contributed by atoms with Gasteiger partial charge in [-0.25, -0.2) is 13.5 Å². The van der Waals surface area contributed by atoms with Gasteiger partial charge in [0, 0.05) is 24.3 Å². The van der Waals surface area contributed by atoms with Crippen molar-refractivity contribution in [2.24, 2.45) is 5.92 Å². The Morgan fingerprint density at radius 3 is 2.96 bits per heavy atom. The van der Waals surface area contributed by atoms with Gasteiger partial charge in [-0.15, -0.1) is 0 Å². The first-order chi connectivity index (χ1) is 12.7. The summed E-state index contributed by atoms with van der Waals surface area (Å²) in [6.45, 7) is 0. The van der Waals surface area contributed by atoms with Crippen molar-refractivity contribution < 1.29 is 28.1 Å². The zero-order valence-corrected chi connectivity index (χ0v) is 16.0. The number of nitrogens with zero attached hydrogens (tertiary/aromatic N) is 4. The number of hydrogen-bond acceptors (Lipinski definition) is 4. The van der Waals surface area contributed by atoms with E-state index in [9.17, 15) is 23.3 Å². The van der Waals surface area contributed by atoms with Crippen LogP contribution in [0.15, 0.2) is 30.7 Å². The number of pyridine rings is 1. The highest BCUT2D eigenvalue weighted by atomic mass is 35.5. The summed E-state index contributed by atoms with van der Waals surface area (Å²) >= 11 is 4.63. The molecule has 1 aliphatic carbocycles. The van der Waals surface area contributed by atoms with Crippen LogP contribution < -0.4 is 9.63 Å². The first-order valence-electron chi connectivity index (χ1n) is 8.13. The fourth-order valence-corrected chi connectivity index (χ4v) is 4.19. The molecule has 2 aromatic heterocycles. The summed E-state index contributed by atoms with van der Waals surface area (Å²) < 4.78 is 39.9.